The second-order valence-electron chi connectivity index (χ2n) is 7.60. The second kappa shape index (κ2) is 9.58. The molecule has 0 spiro atoms. The van der Waals surface area contributed by atoms with Crippen LogP contribution in [0.2, 0.25) is 0 Å². The Labute approximate surface area is 196 Å². The Hall–Kier alpha value is -4.46. The number of methoxy groups -OCH3 is 2. The number of anilines is 2. The summed E-state index contributed by atoms with van der Waals surface area (Å²) in [5.41, 5.74) is 1.86. The van der Waals surface area contributed by atoms with E-state index < -0.39 is 18.1 Å². The van der Waals surface area contributed by atoms with Crippen LogP contribution >= 0.6 is 0 Å². The first-order valence-electron chi connectivity index (χ1n) is 10.5. The van der Waals surface area contributed by atoms with E-state index in [-0.39, 0.29) is 29.3 Å². The summed E-state index contributed by atoms with van der Waals surface area (Å²) in [7, 11) is 2.67. The van der Waals surface area contributed by atoms with Crippen LogP contribution in [0.1, 0.15) is 11.7 Å². The molecule has 0 saturated carbocycles. The van der Waals surface area contributed by atoms with Gasteiger partial charge < -0.3 is 29.5 Å². The number of rotatable bonds is 6. The topological polar surface area (TPSA) is 99.5 Å². The number of benzene rings is 3. The molecule has 0 bridgehead atoms. The minimum absolute atomic E-state index is 0.0328. The Balaban J connectivity index is 2.05. The van der Waals surface area contributed by atoms with Crippen LogP contribution in [0.25, 0.3) is 0 Å². The van der Waals surface area contributed by atoms with Crippen molar-refractivity contribution in [3.05, 3.63) is 95.7 Å². The van der Waals surface area contributed by atoms with Gasteiger partial charge in [0.05, 0.1) is 26.3 Å². The summed E-state index contributed by atoms with van der Waals surface area (Å²) >= 11 is 0. The molecule has 1 heterocycles. The number of carboxylic acid groups (broad SMARTS) is 1. The number of hydrogen-bond acceptors (Lipinski definition) is 7. The molecule has 3 aromatic carbocycles. The fourth-order valence-corrected chi connectivity index (χ4v) is 4.12. The van der Waals surface area contributed by atoms with E-state index in [1.807, 2.05) is 41.3 Å². The van der Waals surface area contributed by atoms with Crippen molar-refractivity contribution in [2.75, 3.05) is 30.6 Å². The normalized spacial score (nSPS) is 15.8. The molecular weight excluding hydrogens is 436 g/mol. The molecular formula is C26H24N2O6. The molecule has 8 heteroatoms. The third kappa shape index (κ3) is 4.13. The highest BCUT2D eigenvalue weighted by molar-refractivity contribution is 6.04. The predicted molar refractivity (Wildman–Crippen MR) is 127 cm³/mol. The van der Waals surface area contributed by atoms with Crippen LogP contribution in [0.4, 0.5) is 11.4 Å². The highest BCUT2D eigenvalue weighted by Gasteiger charge is 2.42. The fourth-order valence-electron chi connectivity index (χ4n) is 4.12. The monoisotopic (exact) mass is 460 g/mol. The van der Waals surface area contributed by atoms with Gasteiger partial charge in [-0.2, -0.15) is 0 Å². The van der Waals surface area contributed by atoms with Crippen molar-refractivity contribution in [3.8, 4) is 11.5 Å². The zero-order valence-corrected chi connectivity index (χ0v) is 18.7. The van der Waals surface area contributed by atoms with Gasteiger partial charge in [0.1, 0.15) is 11.9 Å². The molecule has 0 radical (unpaired) electrons. The number of aromatic hydroxyl groups is 1. The van der Waals surface area contributed by atoms with Crippen LogP contribution in [-0.4, -0.2) is 42.9 Å². The second-order valence-corrected chi connectivity index (χ2v) is 7.60. The van der Waals surface area contributed by atoms with Gasteiger partial charge in [-0.05, 0) is 42.0 Å². The highest BCUT2D eigenvalue weighted by atomic mass is 16.5. The number of carboxylic acids is 1. The van der Waals surface area contributed by atoms with E-state index in [2.05, 4.69) is 0 Å². The number of para-hydroxylation sites is 2. The van der Waals surface area contributed by atoms with Crippen molar-refractivity contribution in [2.24, 2.45) is 0 Å². The molecule has 1 aliphatic rings. The van der Waals surface area contributed by atoms with Gasteiger partial charge >= 0.3 is 11.9 Å². The van der Waals surface area contributed by atoms with Crippen LogP contribution in [0.15, 0.2) is 90.1 Å². The Morgan fingerprint density at radius 3 is 2.09 bits per heavy atom. The quantitative estimate of drug-likeness (QED) is 0.534. The predicted octanol–water partition coefficient (Wildman–Crippen LogP) is 3.94. The molecule has 2 N–H and O–H groups in total. The summed E-state index contributed by atoms with van der Waals surface area (Å²) in [6.07, 6.45) is -0.656. The Morgan fingerprint density at radius 2 is 1.53 bits per heavy atom. The van der Waals surface area contributed by atoms with E-state index in [0.717, 1.165) is 5.69 Å². The molecule has 1 aliphatic heterocycles. The standard InChI is InChI=1S/C26H24N2O6/c1-33-22-15-17(13-14-21(22)29)24-27(18-9-5-3-6-10-18)16-20(25(30)31)23(26(32)34-2)28(24)19-11-7-4-8-12-19/h3-15,24,29H,16H2,1-2H3,(H,30,31). The minimum atomic E-state index is -1.22. The van der Waals surface area contributed by atoms with Crippen LogP contribution in [-0.2, 0) is 14.3 Å². The summed E-state index contributed by atoms with van der Waals surface area (Å²) in [4.78, 5) is 28.9. The van der Waals surface area contributed by atoms with Crippen LogP contribution in [0.5, 0.6) is 11.5 Å². The Kier molecular flexibility index (Phi) is 6.40. The van der Waals surface area contributed by atoms with Gasteiger partial charge in [0.15, 0.2) is 11.5 Å². The lowest BCUT2D eigenvalue weighted by molar-refractivity contribution is -0.138. The first kappa shape index (κ1) is 22.7. The minimum Gasteiger partial charge on any atom is -0.504 e. The largest absolute Gasteiger partial charge is 0.504 e. The van der Waals surface area contributed by atoms with Crippen molar-refractivity contribution in [1.82, 2.24) is 0 Å². The number of phenolic OH excluding ortho intramolecular Hbond substituents is 1. The number of carbonyl (C=O) groups is 2. The maximum Gasteiger partial charge on any atom is 0.355 e. The smallest absolute Gasteiger partial charge is 0.355 e. The summed E-state index contributed by atoms with van der Waals surface area (Å²) in [6, 6.07) is 23.3. The molecule has 0 amide bonds. The maximum atomic E-state index is 13.0. The van der Waals surface area contributed by atoms with Crippen molar-refractivity contribution < 1.29 is 29.3 Å². The fraction of sp³-hybridized carbons (Fsp3) is 0.154. The first-order valence-corrected chi connectivity index (χ1v) is 10.5. The van der Waals surface area contributed by atoms with Crippen LogP contribution in [0.3, 0.4) is 0 Å². The molecule has 174 valence electrons. The van der Waals surface area contributed by atoms with Gasteiger partial charge in [-0.1, -0.05) is 42.5 Å². The number of aliphatic carboxylic acids is 1. The average Bonchev–Trinajstić information content (AvgIpc) is 2.88. The lowest BCUT2D eigenvalue weighted by Gasteiger charge is -2.46. The van der Waals surface area contributed by atoms with E-state index >= 15 is 0 Å². The first-order chi connectivity index (χ1) is 16.5. The third-order valence-corrected chi connectivity index (χ3v) is 5.66. The molecule has 0 aromatic heterocycles. The van der Waals surface area contributed by atoms with Gasteiger partial charge in [-0.25, -0.2) is 9.59 Å². The Morgan fingerprint density at radius 1 is 0.912 bits per heavy atom. The summed E-state index contributed by atoms with van der Waals surface area (Å²) in [5, 5.41) is 20.3. The van der Waals surface area contributed by atoms with Crippen molar-refractivity contribution in [3.63, 3.8) is 0 Å². The summed E-state index contributed by atoms with van der Waals surface area (Å²) in [5.74, 6) is -1.76. The van der Waals surface area contributed by atoms with Crippen molar-refractivity contribution >= 4 is 23.3 Å². The van der Waals surface area contributed by atoms with Crippen LogP contribution < -0.4 is 14.5 Å². The van der Waals surface area contributed by atoms with E-state index in [9.17, 15) is 19.8 Å². The molecule has 1 atom stereocenters. The van der Waals surface area contributed by atoms with E-state index in [0.29, 0.717) is 11.3 Å². The molecule has 0 aliphatic carbocycles. The maximum absolute atomic E-state index is 13.0. The number of hydrogen-bond donors (Lipinski definition) is 2. The number of carbonyl (C=O) groups excluding carboxylic acids is 1. The van der Waals surface area contributed by atoms with E-state index in [1.165, 1.54) is 20.3 Å². The van der Waals surface area contributed by atoms with Gasteiger partial charge in [0, 0.05) is 11.4 Å². The van der Waals surface area contributed by atoms with E-state index in [1.54, 1.807) is 41.3 Å². The molecule has 0 saturated heterocycles. The third-order valence-electron chi connectivity index (χ3n) is 5.66. The molecule has 34 heavy (non-hydrogen) atoms. The molecule has 8 nitrogen and oxygen atoms in total. The summed E-state index contributed by atoms with van der Waals surface area (Å²) in [6.45, 7) is -0.0546. The lowest BCUT2D eigenvalue weighted by Crippen LogP contribution is -2.50. The SMILES string of the molecule is COC(=O)C1=C(C(=O)O)CN(c2ccccc2)C(c2ccc(O)c(OC)c2)N1c1ccccc1. The molecule has 3 aromatic rings. The average molecular weight is 460 g/mol. The number of phenols is 1. The van der Waals surface area contributed by atoms with Gasteiger partial charge in [-0.3, -0.25) is 0 Å². The van der Waals surface area contributed by atoms with E-state index in [4.69, 9.17) is 9.47 Å². The lowest BCUT2D eigenvalue weighted by atomic mass is 9.99. The van der Waals surface area contributed by atoms with Crippen LogP contribution in [0, 0.1) is 0 Å². The molecule has 1 unspecified atom stereocenters. The van der Waals surface area contributed by atoms with Gasteiger partial charge in [0.2, 0.25) is 0 Å². The van der Waals surface area contributed by atoms with Crippen molar-refractivity contribution in [1.29, 1.82) is 0 Å². The highest BCUT2D eigenvalue weighted by Crippen LogP contribution is 2.43. The number of esters is 1. The van der Waals surface area contributed by atoms with Gasteiger partial charge in [-0.15, -0.1) is 0 Å². The number of ether oxygens (including phenoxy) is 2. The zero-order valence-electron chi connectivity index (χ0n) is 18.7. The van der Waals surface area contributed by atoms with Crippen molar-refractivity contribution in [2.45, 2.75) is 6.17 Å². The molecule has 4 rings (SSSR count). The Bertz CT molecular complexity index is 1230. The molecule has 0 fully saturated rings. The van der Waals surface area contributed by atoms with Gasteiger partial charge in [0.25, 0.3) is 0 Å². The number of nitrogens with zero attached hydrogens (tertiary/aromatic N) is 2. The summed E-state index contributed by atoms with van der Waals surface area (Å²) < 4.78 is 10.4. The zero-order chi connectivity index (χ0) is 24.2.